The molecule has 1 heterocycles. The molecule has 1 aromatic heterocycles. The largest absolute Gasteiger partial charge is 0.376 e. The van der Waals surface area contributed by atoms with Crippen LogP contribution in [0.5, 0.6) is 5.75 Å². The van der Waals surface area contributed by atoms with E-state index in [1.807, 2.05) is 24.4 Å². The van der Waals surface area contributed by atoms with Gasteiger partial charge in [0, 0.05) is 12.3 Å². The van der Waals surface area contributed by atoms with Gasteiger partial charge in [-0.3, -0.25) is 0 Å². The monoisotopic (exact) mass is 186 g/mol. The Balaban J connectivity index is 2.29. The van der Waals surface area contributed by atoms with Gasteiger partial charge >= 0.3 is 0 Å². The summed E-state index contributed by atoms with van der Waals surface area (Å²) in [6.45, 7) is 4.13. The van der Waals surface area contributed by atoms with Gasteiger partial charge in [-0.1, -0.05) is 12.1 Å². The lowest BCUT2D eigenvalue weighted by Crippen LogP contribution is -2.03. The van der Waals surface area contributed by atoms with Crippen LogP contribution >= 0.6 is 0 Å². The Morgan fingerprint density at radius 1 is 1.29 bits per heavy atom. The molecule has 2 aromatic rings. The topological polar surface area (TPSA) is 14.2 Å². The van der Waals surface area contributed by atoms with Crippen molar-refractivity contribution >= 4 is 0 Å². The number of hydrogen-bond donors (Lipinski definition) is 0. The Morgan fingerprint density at radius 2 is 2.14 bits per heavy atom. The molecule has 0 fully saturated rings. The quantitative estimate of drug-likeness (QED) is 0.703. The highest BCUT2D eigenvalue weighted by Gasteiger charge is 2.01. The van der Waals surface area contributed by atoms with Crippen LogP contribution in [0.3, 0.4) is 0 Å². The first-order valence-electron chi connectivity index (χ1n) is 4.56. The second-order valence-electron chi connectivity index (χ2n) is 3.26. The van der Waals surface area contributed by atoms with Crippen LogP contribution in [-0.4, -0.2) is 4.73 Å². The van der Waals surface area contributed by atoms with Crippen LogP contribution in [0.15, 0.2) is 36.7 Å². The van der Waals surface area contributed by atoms with Gasteiger partial charge in [0.1, 0.15) is 0 Å². The molecule has 0 N–H and O–H groups in total. The molecule has 0 unspecified atom stereocenters. The predicted molar refractivity (Wildman–Crippen MR) is 55.2 cm³/mol. The Kier molecular flexibility index (Phi) is 2.27. The Morgan fingerprint density at radius 3 is 2.86 bits per heavy atom. The number of rotatable bonds is 2. The van der Waals surface area contributed by atoms with Crippen molar-refractivity contribution in [1.82, 2.24) is 4.73 Å². The summed E-state index contributed by atoms with van der Waals surface area (Å²) < 4.78 is 1.64. The number of hydrogen-bond acceptors (Lipinski definition) is 1. The van der Waals surface area contributed by atoms with Gasteiger partial charge in [0.25, 0.3) is 0 Å². The van der Waals surface area contributed by atoms with Gasteiger partial charge in [-0.25, -0.2) is 0 Å². The van der Waals surface area contributed by atoms with Crippen molar-refractivity contribution in [3.8, 4) is 5.75 Å². The second kappa shape index (κ2) is 3.58. The fourth-order valence-corrected chi connectivity index (χ4v) is 1.27. The summed E-state index contributed by atoms with van der Waals surface area (Å²) in [7, 11) is 0. The minimum absolute atomic E-state index is 0.884. The van der Waals surface area contributed by atoms with Crippen molar-refractivity contribution in [1.29, 1.82) is 0 Å². The average Bonchev–Trinajstić information content (AvgIpc) is 2.66. The van der Waals surface area contributed by atoms with E-state index in [-0.39, 0.29) is 0 Å². The van der Waals surface area contributed by atoms with E-state index in [9.17, 15) is 0 Å². The maximum atomic E-state index is 5.62. The molecule has 0 saturated carbocycles. The third kappa shape index (κ3) is 1.64. The highest BCUT2D eigenvalue weighted by Crippen LogP contribution is 2.20. The summed E-state index contributed by atoms with van der Waals surface area (Å²) in [4.78, 5) is 5.62. The van der Waals surface area contributed by atoms with Crippen molar-refractivity contribution < 1.29 is 4.84 Å². The van der Waals surface area contributed by atoms with E-state index in [1.165, 1.54) is 11.1 Å². The van der Waals surface area contributed by atoms with Crippen LogP contribution < -0.4 is 4.84 Å². The zero-order valence-corrected chi connectivity index (χ0v) is 8.32. The molecule has 0 saturated heterocycles. The summed E-state index contributed by atoms with van der Waals surface area (Å²) >= 11 is 0. The van der Waals surface area contributed by atoms with Crippen molar-refractivity contribution in [2.45, 2.75) is 13.8 Å². The van der Waals surface area contributed by atoms with E-state index in [0.717, 1.165) is 5.75 Å². The SMILES string of the molecule is Cc1cccc(On2c[c]cc2)c1C. The van der Waals surface area contributed by atoms with E-state index < -0.39 is 0 Å². The maximum Gasteiger partial charge on any atom is 0.158 e. The molecule has 0 bridgehead atoms. The van der Waals surface area contributed by atoms with Gasteiger partial charge in [0.2, 0.25) is 0 Å². The zero-order chi connectivity index (χ0) is 9.97. The van der Waals surface area contributed by atoms with Gasteiger partial charge in [-0.05, 0) is 37.1 Å². The molecule has 2 heteroatoms. The lowest BCUT2D eigenvalue weighted by molar-refractivity contribution is 0.215. The van der Waals surface area contributed by atoms with Gasteiger partial charge < -0.3 is 4.84 Å². The molecule has 71 valence electrons. The van der Waals surface area contributed by atoms with E-state index in [4.69, 9.17) is 4.84 Å². The fourth-order valence-electron chi connectivity index (χ4n) is 1.27. The van der Waals surface area contributed by atoms with Crippen LogP contribution in [0, 0.1) is 19.9 Å². The summed E-state index contributed by atoms with van der Waals surface area (Å²) in [5.41, 5.74) is 2.40. The lowest BCUT2D eigenvalue weighted by atomic mass is 10.1. The molecule has 0 spiro atoms. The molecule has 0 amide bonds. The van der Waals surface area contributed by atoms with Crippen LogP contribution in [0.4, 0.5) is 0 Å². The van der Waals surface area contributed by atoms with Crippen molar-refractivity contribution in [2.24, 2.45) is 0 Å². The van der Waals surface area contributed by atoms with E-state index in [1.54, 1.807) is 10.9 Å². The third-order valence-electron chi connectivity index (χ3n) is 2.28. The molecular weight excluding hydrogens is 174 g/mol. The maximum absolute atomic E-state index is 5.62. The van der Waals surface area contributed by atoms with Crippen LogP contribution in [0.1, 0.15) is 11.1 Å². The van der Waals surface area contributed by atoms with Gasteiger partial charge in [0.15, 0.2) is 5.75 Å². The summed E-state index contributed by atoms with van der Waals surface area (Å²) in [6.07, 6.45) is 3.57. The van der Waals surface area contributed by atoms with E-state index in [0.29, 0.717) is 0 Å². The molecule has 0 atom stereocenters. The molecular formula is C12H12NO. The highest BCUT2D eigenvalue weighted by atomic mass is 16.7. The Hall–Kier alpha value is -1.70. The van der Waals surface area contributed by atoms with Crippen LogP contribution in [0.2, 0.25) is 0 Å². The molecule has 0 aliphatic rings. The van der Waals surface area contributed by atoms with E-state index in [2.05, 4.69) is 26.0 Å². The van der Waals surface area contributed by atoms with Crippen molar-refractivity contribution in [3.63, 3.8) is 0 Å². The van der Waals surface area contributed by atoms with Crippen molar-refractivity contribution in [3.05, 3.63) is 53.9 Å². The molecule has 1 aromatic carbocycles. The van der Waals surface area contributed by atoms with Crippen molar-refractivity contribution in [2.75, 3.05) is 0 Å². The predicted octanol–water partition coefficient (Wildman–Crippen LogP) is 2.75. The third-order valence-corrected chi connectivity index (χ3v) is 2.28. The first kappa shape index (κ1) is 8.88. The smallest absolute Gasteiger partial charge is 0.158 e. The molecule has 1 radical (unpaired) electrons. The molecule has 0 aliphatic carbocycles. The van der Waals surface area contributed by atoms with Gasteiger partial charge in [0.05, 0.1) is 6.20 Å². The molecule has 14 heavy (non-hydrogen) atoms. The second-order valence-corrected chi connectivity index (χ2v) is 3.26. The van der Waals surface area contributed by atoms with Gasteiger partial charge in [-0.15, -0.1) is 0 Å². The lowest BCUT2D eigenvalue weighted by Gasteiger charge is -2.09. The Labute approximate surface area is 83.7 Å². The minimum Gasteiger partial charge on any atom is -0.376 e. The Bertz CT molecular complexity index is 418. The fraction of sp³-hybridized carbons (Fsp3) is 0.167. The van der Waals surface area contributed by atoms with Crippen LogP contribution in [-0.2, 0) is 0 Å². The number of benzene rings is 1. The number of aryl methyl sites for hydroxylation is 1. The summed E-state index contributed by atoms with van der Waals surface area (Å²) in [6, 6.07) is 10.8. The minimum atomic E-state index is 0.884. The normalized spacial score (nSPS) is 10.1. The standard InChI is InChI=1S/C12H12NO/c1-10-6-5-7-12(11(10)2)14-13-8-3-4-9-13/h3,5-9H,1-2H3. The first-order valence-corrected chi connectivity index (χ1v) is 4.56. The summed E-state index contributed by atoms with van der Waals surface area (Å²) in [5.74, 6) is 0.884. The number of aromatic nitrogens is 1. The van der Waals surface area contributed by atoms with Crippen LogP contribution in [0.25, 0.3) is 0 Å². The number of nitrogens with zero attached hydrogens (tertiary/aromatic N) is 1. The summed E-state index contributed by atoms with van der Waals surface area (Å²) in [5, 5.41) is 0. The van der Waals surface area contributed by atoms with Gasteiger partial charge in [-0.2, -0.15) is 4.73 Å². The van der Waals surface area contributed by atoms with E-state index >= 15 is 0 Å². The zero-order valence-electron chi connectivity index (χ0n) is 8.32. The molecule has 2 nitrogen and oxygen atoms in total. The molecule has 2 rings (SSSR count). The average molecular weight is 186 g/mol. The first-order chi connectivity index (χ1) is 6.77. The molecule has 0 aliphatic heterocycles. The highest BCUT2D eigenvalue weighted by molar-refractivity contribution is 5.38.